The highest BCUT2D eigenvalue weighted by Crippen LogP contribution is 2.19. The van der Waals surface area contributed by atoms with Gasteiger partial charge >= 0.3 is 6.03 Å². The van der Waals surface area contributed by atoms with Crippen LogP contribution >= 0.6 is 0 Å². The van der Waals surface area contributed by atoms with Crippen molar-refractivity contribution in [2.45, 2.75) is 26.4 Å². The van der Waals surface area contributed by atoms with E-state index in [1.54, 1.807) is 29.1 Å². The van der Waals surface area contributed by atoms with Gasteiger partial charge in [0.05, 0.1) is 12.6 Å². The molecule has 136 valence electrons. The highest BCUT2D eigenvalue weighted by molar-refractivity contribution is 5.74. The van der Waals surface area contributed by atoms with E-state index in [9.17, 15) is 4.79 Å². The number of ether oxygens (including phenoxy) is 1. The first-order valence-corrected chi connectivity index (χ1v) is 8.30. The van der Waals surface area contributed by atoms with Crippen LogP contribution in [0.3, 0.4) is 0 Å². The van der Waals surface area contributed by atoms with Crippen molar-refractivity contribution in [1.82, 2.24) is 30.0 Å². The highest BCUT2D eigenvalue weighted by Gasteiger charge is 2.25. The van der Waals surface area contributed by atoms with Crippen molar-refractivity contribution in [3.63, 3.8) is 0 Å². The van der Waals surface area contributed by atoms with Crippen molar-refractivity contribution in [2.75, 3.05) is 20.3 Å². The van der Waals surface area contributed by atoms with Gasteiger partial charge < -0.3 is 15.0 Å². The fraction of sp³-hybridized carbons (Fsp3) is 0.529. The molecule has 2 heterocycles. The predicted molar refractivity (Wildman–Crippen MR) is 93.6 cm³/mol. The van der Waals surface area contributed by atoms with Crippen LogP contribution in [-0.2, 0) is 18.3 Å². The van der Waals surface area contributed by atoms with E-state index in [1.807, 2.05) is 33.0 Å². The Hall–Kier alpha value is -2.48. The molecular formula is C17H26N6O2. The molecule has 0 bridgehead atoms. The molecule has 1 N–H and O–H groups in total. The van der Waals surface area contributed by atoms with Crippen LogP contribution in [0.25, 0.3) is 0 Å². The number of carbonyl (C=O) groups excluding carboxylic acids is 1. The molecule has 0 aliphatic rings. The number of rotatable bonds is 8. The number of pyridine rings is 1. The van der Waals surface area contributed by atoms with Crippen molar-refractivity contribution in [2.24, 2.45) is 13.0 Å². The Morgan fingerprint density at radius 2 is 2.08 bits per heavy atom. The first-order valence-electron chi connectivity index (χ1n) is 8.30. The van der Waals surface area contributed by atoms with Crippen molar-refractivity contribution >= 4 is 6.03 Å². The van der Waals surface area contributed by atoms with Gasteiger partial charge in [0, 0.05) is 39.6 Å². The third-order valence-electron chi connectivity index (χ3n) is 3.95. The number of hydrogen-bond acceptors (Lipinski definition) is 5. The zero-order chi connectivity index (χ0) is 18.2. The van der Waals surface area contributed by atoms with Crippen LogP contribution in [0.2, 0.25) is 0 Å². The zero-order valence-electron chi connectivity index (χ0n) is 15.2. The van der Waals surface area contributed by atoms with E-state index in [2.05, 4.69) is 20.4 Å². The second kappa shape index (κ2) is 9.12. The highest BCUT2D eigenvalue weighted by atomic mass is 16.5. The smallest absolute Gasteiger partial charge is 0.318 e. The minimum absolute atomic E-state index is 0.157. The van der Waals surface area contributed by atoms with Crippen LogP contribution < -0.4 is 5.32 Å². The summed E-state index contributed by atoms with van der Waals surface area (Å²) in [6.45, 7) is 5.54. The SMILES string of the molecule is COCCN(Cc1ccncc1)C(=O)N[C@@H](c1ncnn1C)C(C)C. The van der Waals surface area contributed by atoms with E-state index < -0.39 is 0 Å². The maximum absolute atomic E-state index is 12.9. The Kier molecular flexibility index (Phi) is 6.88. The summed E-state index contributed by atoms with van der Waals surface area (Å²) >= 11 is 0. The lowest BCUT2D eigenvalue weighted by Gasteiger charge is -2.28. The van der Waals surface area contributed by atoms with Crippen LogP contribution in [0.5, 0.6) is 0 Å². The summed E-state index contributed by atoms with van der Waals surface area (Å²) in [7, 11) is 3.45. The summed E-state index contributed by atoms with van der Waals surface area (Å²) < 4.78 is 6.83. The average molecular weight is 346 g/mol. The van der Waals surface area contributed by atoms with Crippen molar-refractivity contribution in [1.29, 1.82) is 0 Å². The summed E-state index contributed by atoms with van der Waals surface area (Å²) in [5.74, 6) is 0.913. The average Bonchev–Trinajstić information content (AvgIpc) is 3.02. The second-order valence-corrected chi connectivity index (χ2v) is 6.18. The molecular weight excluding hydrogens is 320 g/mol. The maximum atomic E-state index is 12.9. The number of amides is 2. The largest absolute Gasteiger partial charge is 0.383 e. The standard InChI is InChI=1S/C17H26N6O2/c1-13(2)15(16-19-12-20-22(16)3)21-17(24)23(9-10-25-4)11-14-5-7-18-8-6-14/h5-8,12-13,15H,9-11H2,1-4H3,(H,21,24)/t15-/m1/s1. The lowest BCUT2D eigenvalue weighted by molar-refractivity contribution is 0.142. The number of nitrogens with one attached hydrogen (secondary N) is 1. The van der Waals surface area contributed by atoms with Crippen molar-refractivity contribution in [3.8, 4) is 0 Å². The Morgan fingerprint density at radius 3 is 2.64 bits per heavy atom. The molecule has 1 atom stereocenters. The molecule has 0 spiro atoms. The fourth-order valence-corrected chi connectivity index (χ4v) is 2.50. The molecule has 8 heteroatoms. The summed E-state index contributed by atoms with van der Waals surface area (Å²) in [4.78, 5) is 22.9. The molecule has 0 unspecified atom stereocenters. The lowest BCUT2D eigenvalue weighted by Crippen LogP contribution is -2.44. The monoisotopic (exact) mass is 346 g/mol. The normalized spacial score (nSPS) is 12.2. The number of methoxy groups -OCH3 is 1. The Bertz CT molecular complexity index is 658. The topological polar surface area (TPSA) is 85.2 Å². The molecule has 25 heavy (non-hydrogen) atoms. The Morgan fingerprint density at radius 1 is 1.36 bits per heavy atom. The minimum atomic E-state index is -0.220. The number of hydrogen-bond donors (Lipinski definition) is 1. The lowest BCUT2D eigenvalue weighted by atomic mass is 10.0. The first kappa shape index (κ1) is 18.9. The second-order valence-electron chi connectivity index (χ2n) is 6.18. The van der Waals surface area contributed by atoms with Crippen LogP contribution in [0.15, 0.2) is 30.9 Å². The molecule has 2 amide bonds. The predicted octanol–water partition coefficient (Wildman–Crippen LogP) is 1.77. The quantitative estimate of drug-likeness (QED) is 0.787. The van der Waals surface area contributed by atoms with Gasteiger partial charge in [-0.05, 0) is 23.6 Å². The van der Waals surface area contributed by atoms with Crippen molar-refractivity contribution in [3.05, 3.63) is 42.2 Å². The third-order valence-corrected chi connectivity index (χ3v) is 3.95. The summed E-state index contributed by atoms with van der Waals surface area (Å²) in [6, 6.07) is 3.42. The molecule has 2 aromatic rings. The van der Waals surface area contributed by atoms with Crippen LogP contribution in [0.1, 0.15) is 31.3 Å². The van der Waals surface area contributed by atoms with E-state index in [1.165, 1.54) is 6.33 Å². The van der Waals surface area contributed by atoms with Crippen LogP contribution in [-0.4, -0.2) is 50.9 Å². The fourth-order valence-electron chi connectivity index (χ4n) is 2.50. The summed E-state index contributed by atoms with van der Waals surface area (Å²) in [6.07, 6.45) is 4.94. The molecule has 8 nitrogen and oxygen atoms in total. The van der Waals surface area contributed by atoms with Gasteiger partial charge in [0.25, 0.3) is 0 Å². The number of carbonyl (C=O) groups is 1. The van der Waals surface area contributed by atoms with Gasteiger partial charge in [-0.15, -0.1) is 0 Å². The number of urea groups is 1. The van der Waals surface area contributed by atoms with Gasteiger partial charge in [-0.2, -0.15) is 5.10 Å². The molecule has 0 aliphatic heterocycles. The molecule has 2 rings (SSSR count). The first-order chi connectivity index (χ1) is 12.0. The van der Waals surface area contributed by atoms with Gasteiger partial charge in [-0.1, -0.05) is 13.8 Å². The molecule has 0 saturated carbocycles. The molecule has 0 aromatic carbocycles. The van der Waals surface area contributed by atoms with E-state index in [4.69, 9.17) is 4.74 Å². The van der Waals surface area contributed by atoms with E-state index in [0.29, 0.717) is 19.7 Å². The summed E-state index contributed by atoms with van der Waals surface area (Å²) in [5, 5.41) is 7.18. The maximum Gasteiger partial charge on any atom is 0.318 e. The molecule has 2 aromatic heterocycles. The van der Waals surface area contributed by atoms with E-state index in [0.717, 1.165) is 11.4 Å². The van der Waals surface area contributed by atoms with Crippen LogP contribution in [0.4, 0.5) is 4.79 Å². The van der Waals surface area contributed by atoms with Crippen LogP contribution in [0, 0.1) is 5.92 Å². The Balaban J connectivity index is 2.12. The molecule has 0 aliphatic carbocycles. The van der Waals surface area contributed by atoms with Gasteiger partial charge in [-0.25, -0.2) is 9.78 Å². The zero-order valence-corrected chi connectivity index (χ0v) is 15.2. The number of nitrogens with zero attached hydrogens (tertiary/aromatic N) is 5. The minimum Gasteiger partial charge on any atom is -0.383 e. The Labute approximate surface area is 148 Å². The number of aromatic nitrogens is 4. The van der Waals surface area contributed by atoms with E-state index in [-0.39, 0.29) is 18.0 Å². The van der Waals surface area contributed by atoms with E-state index >= 15 is 0 Å². The number of aryl methyl sites for hydroxylation is 1. The van der Waals surface area contributed by atoms with Gasteiger partial charge in [-0.3, -0.25) is 9.67 Å². The van der Waals surface area contributed by atoms with Gasteiger partial charge in [0.15, 0.2) is 0 Å². The molecule has 0 fully saturated rings. The summed E-state index contributed by atoms with van der Waals surface area (Å²) in [5.41, 5.74) is 1.01. The molecule has 0 radical (unpaired) electrons. The van der Waals surface area contributed by atoms with Gasteiger partial charge in [0.1, 0.15) is 12.2 Å². The van der Waals surface area contributed by atoms with Crippen molar-refractivity contribution < 1.29 is 9.53 Å². The molecule has 0 saturated heterocycles. The third kappa shape index (κ3) is 5.25. The van der Waals surface area contributed by atoms with Gasteiger partial charge in [0.2, 0.25) is 0 Å².